The van der Waals surface area contributed by atoms with Crippen LogP contribution in [0.4, 0.5) is 5.82 Å². The fraction of sp³-hybridized carbons (Fsp3) is 0.438. The van der Waals surface area contributed by atoms with Gasteiger partial charge in [0.05, 0.1) is 5.56 Å². The van der Waals surface area contributed by atoms with Gasteiger partial charge in [0, 0.05) is 44.6 Å². The summed E-state index contributed by atoms with van der Waals surface area (Å²) < 4.78 is 2.14. The number of anilines is 1. The van der Waals surface area contributed by atoms with Crippen molar-refractivity contribution in [1.29, 1.82) is 0 Å². The summed E-state index contributed by atoms with van der Waals surface area (Å²) in [6.45, 7) is 5.73. The number of nitrogens with one attached hydrogen (secondary N) is 2. The molecule has 0 fully saturated rings. The zero-order valence-corrected chi connectivity index (χ0v) is 13.3. The van der Waals surface area contributed by atoms with Crippen molar-refractivity contribution >= 4 is 11.7 Å². The Bertz CT molecular complexity index is 603. The minimum Gasteiger partial charge on any atom is -0.373 e. The Labute approximate surface area is 131 Å². The maximum atomic E-state index is 12.0. The maximum absolute atomic E-state index is 12.0. The minimum atomic E-state index is -0.0927. The molecule has 118 valence electrons. The molecular formula is C16H23N5O. The van der Waals surface area contributed by atoms with Gasteiger partial charge >= 0.3 is 0 Å². The summed E-state index contributed by atoms with van der Waals surface area (Å²) in [5.41, 5.74) is 0.574. The van der Waals surface area contributed by atoms with Crippen LogP contribution in [0.1, 0.15) is 42.4 Å². The van der Waals surface area contributed by atoms with Gasteiger partial charge in [0.15, 0.2) is 0 Å². The lowest BCUT2D eigenvalue weighted by Crippen LogP contribution is -2.25. The number of carbonyl (C=O) groups is 1. The zero-order valence-electron chi connectivity index (χ0n) is 13.3. The van der Waals surface area contributed by atoms with Crippen LogP contribution in [0.15, 0.2) is 30.7 Å². The Morgan fingerprint density at radius 2 is 2.14 bits per heavy atom. The number of rotatable bonds is 7. The SMILES string of the molecule is CNc1ccc(C(=O)NCCCn2ccnc2C(C)C)cn1. The molecule has 0 atom stereocenters. The van der Waals surface area contributed by atoms with E-state index < -0.39 is 0 Å². The second-order valence-electron chi connectivity index (χ2n) is 5.43. The molecule has 0 aromatic carbocycles. The molecule has 2 rings (SSSR count). The predicted octanol–water partition coefficient (Wildman–Crippen LogP) is 2.26. The Balaban J connectivity index is 1.78. The van der Waals surface area contributed by atoms with Crippen molar-refractivity contribution in [3.63, 3.8) is 0 Å². The first-order chi connectivity index (χ1) is 10.6. The van der Waals surface area contributed by atoms with E-state index in [1.54, 1.807) is 25.4 Å². The Kier molecular flexibility index (Phi) is 5.52. The van der Waals surface area contributed by atoms with Gasteiger partial charge in [-0.25, -0.2) is 9.97 Å². The van der Waals surface area contributed by atoms with E-state index in [0.29, 0.717) is 18.0 Å². The molecule has 22 heavy (non-hydrogen) atoms. The first kappa shape index (κ1) is 16.0. The van der Waals surface area contributed by atoms with Crippen LogP contribution >= 0.6 is 0 Å². The third kappa shape index (κ3) is 4.07. The number of pyridine rings is 1. The number of aromatic nitrogens is 3. The Hall–Kier alpha value is -2.37. The van der Waals surface area contributed by atoms with Crippen molar-refractivity contribution in [2.24, 2.45) is 0 Å². The highest BCUT2D eigenvalue weighted by molar-refractivity contribution is 5.93. The molecule has 0 saturated heterocycles. The molecule has 6 heteroatoms. The van der Waals surface area contributed by atoms with Crippen molar-refractivity contribution < 1.29 is 4.79 Å². The van der Waals surface area contributed by atoms with Crippen LogP contribution in [-0.4, -0.2) is 34.0 Å². The summed E-state index contributed by atoms with van der Waals surface area (Å²) >= 11 is 0. The number of imidazole rings is 1. The lowest BCUT2D eigenvalue weighted by atomic mass is 10.2. The molecule has 2 N–H and O–H groups in total. The summed E-state index contributed by atoms with van der Waals surface area (Å²) in [4.78, 5) is 20.5. The molecule has 2 aromatic rings. The van der Waals surface area contributed by atoms with E-state index in [2.05, 4.69) is 39.0 Å². The molecule has 0 unspecified atom stereocenters. The highest BCUT2D eigenvalue weighted by Crippen LogP contribution is 2.11. The molecule has 6 nitrogen and oxygen atoms in total. The van der Waals surface area contributed by atoms with Gasteiger partial charge in [-0.3, -0.25) is 4.79 Å². The van der Waals surface area contributed by atoms with Gasteiger partial charge < -0.3 is 15.2 Å². The fourth-order valence-electron chi connectivity index (χ4n) is 2.24. The van der Waals surface area contributed by atoms with Crippen LogP contribution in [-0.2, 0) is 6.54 Å². The van der Waals surface area contributed by atoms with Gasteiger partial charge in [-0.15, -0.1) is 0 Å². The van der Waals surface area contributed by atoms with Crippen molar-refractivity contribution in [2.45, 2.75) is 32.7 Å². The molecular weight excluding hydrogens is 278 g/mol. The van der Waals surface area contributed by atoms with Crippen LogP contribution in [0.3, 0.4) is 0 Å². The van der Waals surface area contributed by atoms with Gasteiger partial charge in [-0.2, -0.15) is 0 Å². The van der Waals surface area contributed by atoms with Crippen molar-refractivity contribution in [3.8, 4) is 0 Å². The second-order valence-corrected chi connectivity index (χ2v) is 5.43. The monoisotopic (exact) mass is 301 g/mol. The van der Waals surface area contributed by atoms with E-state index in [1.807, 2.05) is 12.4 Å². The molecule has 0 bridgehead atoms. The number of amides is 1. The quantitative estimate of drug-likeness (QED) is 0.770. The lowest BCUT2D eigenvalue weighted by Gasteiger charge is -2.10. The maximum Gasteiger partial charge on any atom is 0.252 e. The lowest BCUT2D eigenvalue weighted by molar-refractivity contribution is 0.0952. The highest BCUT2D eigenvalue weighted by Gasteiger charge is 2.08. The predicted molar refractivity (Wildman–Crippen MR) is 87.0 cm³/mol. The summed E-state index contributed by atoms with van der Waals surface area (Å²) in [5.74, 6) is 2.14. The molecule has 0 saturated carbocycles. The van der Waals surface area contributed by atoms with Gasteiger partial charge in [-0.1, -0.05) is 13.8 Å². The van der Waals surface area contributed by atoms with E-state index >= 15 is 0 Å². The average Bonchev–Trinajstić information content (AvgIpc) is 3.00. The fourth-order valence-corrected chi connectivity index (χ4v) is 2.24. The number of hydrogen-bond acceptors (Lipinski definition) is 4. The average molecular weight is 301 g/mol. The Morgan fingerprint density at radius 3 is 2.77 bits per heavy atom. The number of hydrogen-bond donors (Lipinski definition) is 2. The number of aryl methyl sites for hydroxylation is 1. The van der Waals surface area contributed by atoms with Crippen LogP contribution < -0.4 is 10.6 Å². The zero-order chi connectivity index (χ0) is 15.9. The summed E-state index contributed by atoms with van der Waals surface area (Å²) in [6, 6.07) is 3.55. The van der Waals surface area contributed by atoms with E-state index in [0.717, 1.165) is 24.6 Å². The van der Waals surface area contributed by atoms with Crippen molar-refractivity contribution in [3.05, 3.63) is 42.1 Å². The number of nitrogens with zero attached hydrogens (tertiary/aromatic N) is 3. The molecule has 0 spiro atoms. The van der Waals surface area contributed by atoms with E-state index in [-0.39, 0.29) is 5.91 Å². The van der Waals surface area contributed by atoms with Crippen LogP contribution in [0.2, 0.25) is 0 Å². The smallest absolute Gasteiger partial charge is 0.252 e. The van der Waals surface area contributed by atoms with Crippen LogP contribution in [0.5, 0.6) is 0 Å². The standard InChI is InChI=1S/C16H23N5O/c1-12(2)15-18-8-10-21(15)9-4-7-19-16(22)13-5-6-14(17-3)20-11-13/h5-6,8,10-12H,4,7,9H2,1-3H3,(H,17,20)(H,19,22). The van der Waals surface area contributed by atoms with Crippen molar-refractivity contribution in [1.82, 2.24) is 19.9 Å². The van der Waals surface area contributed by atoms with Gasteiger partial charge in [-0.05, 0) is 18.6 Å². The molecule has 2 heterocycles. The highest BCUT2D eigenvalue weighted by atomic mass is 16.1. The van der Waals surface area contributed by atoms with Crippen LogP contribution in [0, 0.1) is 0 Å². The van der Waals surface area contributed by atoms with Gasteiger partial charge in [0.2, 0.25) is 0 Å². The van der Waals surface area contributed by atoms with Crippen LogP contribution in [0.25, 0.3) is 0 Å². The first-order valence-electron chi connectivity index (χ1n) is 7.55. The molecule has 1 amide bonds. The third-order valence-corrected chi connectivity index (χ3v) is 3.41. The van der Waals surface area contributed by atoms with Gasteiger partial charge in [0.1, 0.15) is 11.6 Å². The summed E-state index contributed by atoms with van der Waals surface area (Å²) in [7, 11) is 1.80. The van der Waals surface area contributed by atoms with E-state index in [9.17, 15) is 4.79 Å². The topological polar surface area (TPSA) is 71.8 Å². The minimum absolute atomic E-state index is 0.0927. The third-order valence-electron chi connectivity index (χ3n) is 3.41. The summed E-state index contributed by atoms with van der Waals surface area (Å²) in [6.07, 6.45) is 6.25. The normalized spacial score (nSPS) is 10.7. The van der Waals surface area contributed by atoms with E-state index in [1.165, 1.54) is 0 Å². The summed E-state index contributed by atoms with van der Waals surface area (Å²) in [5, 5.41) is 5.84. The van der Waals surface area contributed by atoms with Crippen molar-refractivity contribution in [2.75, 3.05) is 18.9 Å². The second kappa shape index (κ2) is 7.59. The molecule has 2 aromatic heterocycles. The van der Waals surface area contributed by atoms with E-state index in [4.69, 9.17) is 0 Å². The van der Waals surface area contributed by atoms with Gasteiger partial charge in [0.25, 0.3) is 5.91 Å². The number of carbonyl (C=O) groups excluding carboxylic acids is 1. The first-order valence-corrected chi connectivity index (χ1v) is 7.55. The molecule has 0 aliphatic carbocycles. The molecule has 0 aliphatic heterocycles. The molecule has 0 radical (unpaired) electrons. The largest absolute Gasteiger partial charge is 0.373 e. The molecule has 0 aliphatic rings. The Morgan fingerprint density at radius 1 is 1.32 bits per heavy atom.